The van der Waals surface area contributed by atoms with Gasteiger partial charge in [0.25, 0.3) is 11.8 Å². The number of anilines is 4. The van der Waals surface area contributed by atoms with Crippen LogP contribution in [0, 0.1) is 5.41 Å². The van der Waals surface area contributed by atoms with Gasteiger partial charge in [-0.3, -0.25) is 4.79 Å². The maximum absolute atomic E-state index is 13.4. The Morgan fingerprint density at radius 1 is 1.14 bits per heavy atom. The Bertz CT molecular complexity index is 1110. The van der Waals surface area contributed by atoms with E-state index in [1.54, 1.807) is 18.2 Å². The third-order valence-corrected chi connectivity index (χ3v) is 7.96. The average Bonchev–Trinajstić information content (AvgIpc) is 3.61. The van der Waals surface area contributed by atoms with Crippen molar-refractivity contribution in [3.05, 3.63) is 35.9 Å². The number of aliphatic hydroxyl groups is 1. The van der Waals surface area contributed by atoms with Crippen LogP contribution in [0.1, 0.15) is 36.0 Å². The number of pyridine rings is 1. The number of nitrogens with zero attached hydrogens (tertiary/aromatic N) is 3. The minimum absolute atomic E-state index is 0.0745. The molecule has 0 atom stereocenters. The van der Waals surface area contributed by atoms with E-state index in [4.69, 9.17) is 9.84 Å². The van der Waals surface area contributed by atoms with Crippen LogP contribution in [0.25, 0.3) is 0 Å². The summed E-state index contributed by atoms with van der Waals surface area (Å²) in [5.74, 6) is -1.58. The zero-order chi connectivity index (χ0) is 25.3. The molecule has 1 spiro atoms. The van der Waals surface area contributed by atoms with E-state index in [0.29, 0.717) is 22.5 Å². The van der Waals surface area contributed by atoms with Crippen LogP contribution in [0.15, 0.2) is 30.3 Å². The number of hydrogen-bond donors (Lipinski definition) is 3. The maximum atomic E-state index is 13.4. The number of nitrogens with one attached hydrogen (secondary N) is 2. The summed E-state index contributed by atoms with van der Waals surface area (Å²) in [7, 11) is 1.46. The molecule has 0 bridgehead atoms. The van der Waals surface area contributed by atoms with Crippen LogP contribution in [-0.2, 0) is 0 Å². The van der Waals surface area contributed by atoms with E-state index in [0.717, 1.165) is 37.3 Å². The Hall–Kier alpha value is -2.79. The van der Waals surface area contributed by atoms with Crippen LogP contribution in [0.3, 0.4) is 0 Å². The van der Waals surface area contributed by atoms with Gasteiger partial charge in [-0.15, -0.1) is 0 Å². The summed E-state index contributed by atoms with van der Waals surface area (Å²) in [6.45, 7) is 0.989. The number of methoxy groups -OCH3 is 1. The lowest BCUT2D eigenvalue weighted by molar-refractivity contribution is -0.0268. The van der Waals surface area contributed by atoms with Crippen molar-refractivity contribution in [2.45, 2.75) is 31.6 Å². The number of amides is 1. The Morgan fingerprint density at radius 2 is 1.89 bits per heavy atom. The van der Waals surface area contributed by atoms with Crippen molar-refractivity contribution >= 4 is 40.9 Å². The zero-order valence-electron chi connectivity index (χ0n) is 20.2. The van der Waals surface area contributed by atoms with Crippen LogP contribution in [0.2, 0.25) is 0 Å². The van der Waals surface area contributed by atoms with Crippen molar-refractivity contribution < 1.29 is 23.4 Å². The van der Waals surface area contributed by atoms with Gasteiger partial charge >= 0.3 is 0 Å². The van der Waals surface area contributed by atoms with E-state index in [1.165, 1.54) is 36.8 Å². The van der Waals surface area contributed by atoms with Crippen molar-refractivity contribution in [2.24, 2.45) is 5.41 Å². The smallest absolute Gasteiger partial charge is 0.282 e. The van der Waals surface area contributed by atoms with E-state index in [1.807, 2.05) is 12.1 Å². The third-order valence-electron chi connectivity index (χ3n) is 7.19. The Balaban J connectivity index is 1.36. The largest absolute Gasteiger partial charge is 0.493 e. The molecule has 36 heavy (non-hydrogen) atoms. The molecule has 5 rings (SSSR count). The minimum Gasteiger partial charge on any atom is -0.493 e. The molecular weight excluding hydrogens is 488 g/mol. The molecule has 3 heterocycles. The average molecular weight is 520 g/mol. The van der Waals surface area contributed by atoms with Gasteiger partial charge in [-0.2, -0.15) is 0 Å². The van der Waals surface area contributed by atoms with Crippen LogP contribution in [0.5, 0.6) is 5.75 Å². The van der Waals surface area contributed by atoms with Gasteiger partial charge in [0.1, 0.15) is 5.82 Å². The first-order valence-electron chi connectivity index (χ1n) is 12.2. The maximum Gasteiger partial charge on any atom is 0.282 e. The molecule has 194 valence electrons. The standard InChI is InChI=1S/C25H31F2N5O3S/c1-35-20-4-5-21(28-22(20)32-15-25(26,27)16-32)29-23(34)18-3-2-17(30-36-13-12-33)14-19(18)31-10-8-24(6-7-24)9-11-31/h2-5,14,30,33H,6-13,15-16H2,1H3,(H,28,29,34). The number of rotatable bonds is 9. The van der Waals surface area contributed by atoms with Crippen molar-refractivity contribution in [3.8, 4) is 5.75 Å². The molecule has 11 heteroatoms. The molecule has 1 saturated carbocycles. The molecule has 0 radical (unpaired) electrons. The van der Waals surface area contributed by atoms with Crippen LogP contribution >= 0.6 is 11.9 Å². The number of halogens is 2. The molecule has 1 aromatic heterocycles. The summed E-state index contributed by atoms with van der Waals surface area (Å²) >= 11 is 1.40. The minimum atomic E-state index is -2.75. The fraction of sp³-hybridized carbons (Fsp3) is 0.520. The topological polar surface area (TPSA) is 90.0 Å². The highest BCUT2D eigenvalue weighted by Gasteiger charge is 2.46. The van der Waals surface area contributed by atoms with Crippen molar-refractivity contribution in [3.63, 3.8) is 0 Å². The lowest BCUT2D eigenvalue weighted by atomic mass is 9.93. The number of ether oxygens (including phenoxy) is 1. The molecule has 0 unspecified atom stereocenters. The number of alkyl halides is 2. The van der Waals surface area contributed by atoms with E-state index in [2.05, 4.69) is 19.9 Å². The Morgan fingerprint density at radius 3 is 2.53 bits per heavy atom. The predicted molar refractivity (Wildman–Crippen MR) is 139 cm³/mol. The van der Waals surface area contributed by atoms with Gasteiger partial charge in [-0.1, -0.05) is 11.9 Å². The summed E-state index contributed by atoms with van der Waals surface area (Å²) in [6.07, 6.45) is 4.83. The van der Waals surface area contributed by atoms with E-state index in [9.17, 15) is 13.6 Å². The molecule has 2 aliphatic heterocycles. The number of piperidine rings is 1. The first kappa shape index (κ1) is 24.9. The summed E-state index contributed by atoms with van der Waals surface area (Å²) < 4.78 is 35.4. The molecule has 1 aliphatic carbocycles. The van der Waals surface area contributed by atoms with E-state index < -0.39 is 19.0 Å². The second-order valence-corrected chi connectivity index (χ2v) is 10.7. The van der Waals surface area contributed by atoms with E-state index in [-0.39, 0.29) is 24.1 Å². The van der Waals surface area contributed by atoms with Gasteiger partial charge in [-0.25, -0.2) is 13.8 Å². The van der Waals surface area contributed by atoms with Crippen molar-refractivity contribution in [2.75, 3.05) is 65.5 Å². The molecule has 3 aliphatic rings. The highest BCUT2D eigenvalue weighted by Crippen LogP contribution is 2.54. The van der Waals surface area contributed by atoms with Gasteiger partial charge < -0.3 is 29.7 Å². The number of hydrogen-bond acceptors (Lipinski definition) is 8. The molecule has 1 amide bonds. The molecular formula is C25H31F2N5O3S. The zero-order valence-corrected chi connectivity index (χ0v) is 21.0. The lowest BCUT2D eigenvalue weighted by Gasteiger charge is -2.40. The second-order valence-electron chi connectivity index (χ2n) is 9.78. The predicted octanol–water partition coefficient (Wildman–Crippen LogP) is 4.23. The number of aromatic nitrogens is 1. The number of carbonyl (C=O) groups is 1. The Kier molecular flexibility index (Phi) is 6.86. The first-order valence-corrected chi connectivity index (χ1v) is 13.2. The fourth-order valence-electron chi connectivity index (χ4n) is 4.86. The molecule has 2 saturated heterocycles. The van der Waals surface area contributed by atoms with Gasteiger partial charge in [0.15, 0.2) is 11.6 Å². The number of aliphatic hydroxyl groups excluding tert-OH is 1. The van der Waals surface area contributed by atoms with Crippen LogP contribution < -0.4 is 24.6 Å². The molecule has 2 aromatic rings. The van der Waals surface area contributed by atoms with Crippen molar-refractivity contribution in [1.29, 1.82) is 0 Å². The first-order chi connectivity index (χ1) is 17.3. The van der Waals surface area contributed by atoms with Gasteiger partial charge in [0, 0.05) is 24.5 Å². The van der Waals surface area contributed by atoms with Crippen LogP contribution in [-0.4, -0.2) is 67.6 Å². The summed E-state index contributed by atoms with van der Waals surface area (Å²) in [6, 6.07) is 8.83. The second kappa shape index (κ2) is 9.93. The summed E-state index contributed by atoms with van der Waals surface area (Å²) in [5, 5.41) is 11.9. The third kappa shape index (κ3) is 5.31. The normalized spacial score (nSPS) is 19.6. The molecule has 3 N–H and O–H groups in total. The van der Waals surface area contributed by atoms with Gasteiger partial charge in [0.2, 0.25) is 0 Å². The lowest BCUT2D eigenvalue weighted by Crippen LogP contribution is -2.56. The Labute approximate surface area is 213 Å². The molecule has 1 aromatic carbocycles. The SMILES string of the molecule is COc1ccc(NC(=O)c2ccc(NSCCO)cc2N2CCC3(CC2)CC3)nc1N1CC(F)(F)C1. The number of carbonyl (C=O) groups excluding carboxylic acids is 1. The monoisotopic (exact) mass is 519 g/mol. The summed E-state index contributed by atoms with van der Waals surface area (Å²) in [5.41, 5.74) is 2.72. The fourth-order valence-corrected chi connectivity index (χ4v) is 5.35. The van der Waals surface area contributed by atoms with E-state index >= 15 is 0 Å². The van der Waals surface area contributed by atoms with Gasteiger partial charge in [0.05, 0.1) is 38.1 Å². The molecule has 3 fully saturated rings. The van der Waals surface area contributed by atoms with Crippen LogP contribution in [0.4, 0.5) is 31.8 Å². The summed E-state index contributed by atoms with van der Waals surface area (Å²) in [4.78, 5) is 21.5. The number of benzene rings is 1. The quantitative estimate of drug-likeness (QED) is 0.335. The highest BCUT2D eigenvalue weighted by atomic mass is 32.2. The van der Waals surface area contributed by atoms with Crippen molar-refractivity contribution in [1.82, 2.24) is 4.98 Å². The molecule has 8 nitrogen and oxygen atoms in total. The highest BCUT2D eigenvalue weighted by molar-refractivity contribution is 8.00. The van der Waals surface area contributed by atoms with Gasteiger partial charge in [-0.05, 0) is 61.4 Å².